The molecule has 0 atom stereocenters. The molecule has 0 N–H and O–H groups in total. The number of benzene rings is 2. The van der Waals surface area contributed by atoms with Crippen LogP contribution in [0.4, 0.5) is 5.69 Å². The molecule has 102 valence electrons. The lowest BCUT2D eigenvalue weighted by molar-refractivity contribution is -0.384. The number of aryl methyl sites for hydroxylation is 1. The fraction of sp³-hybridized carbons (Fsp3) is 0.133. The van der Waals surface area contributed by atoms with Crippen LogP contribution in [0.15, 0.2) is 42.5 Å². The van der Waals surface area contributed by atoms with Crippen LogP contribution in [0.25, 0.3) is 11.1 Å². The Hall–Kier alpha value is -2.69. The molecule has 0 aliphatic rings. The van der Waals surface area contributed by atoms with Gasteiger partial charge in [0.2, 0.25) is 0 Å². The number of hydrogen-bond donors (Lipinski definition) is 0. The maximum Gasteiger partial charge on any atom is 0.338 e. The highest BCUT2D eigenvalue weighted by atomic mass is 16.6. The highest BCUT2D eigenvalue weighted by molar-refractivity contribution is 5.91. The van der Waals surface area contributed by atoms with Gasteiger partial charge in [0.25, 0.3) is 5.69 Å². The zero-order chi connectivity index (χ0) is 14.7. The van der Waals surface area contributed by atoms with Gasteiger partial charge < -0.3 is 4.74 Å². The average molecular weight is 271 g/mol. The fourth-order valence-corrected chi connectivity index (χ4v) is 1.96. The van der Waals surface area contributed by atoms with Crippen molar-refractivity contribution in [3.05, 3.63) is 63.7 Å². The van der Waals surface area contributed by atoms with Crippen molar-refractivity contribution >= 4 is 11.7 Å². The van der Waals surface area contributed by atoms with Crippen LogP contribution in [-0.4, -0.2) is 18.0 Å². The molecule has 0 aliphatic heterocycles. The lowest BCUT2D eigenvalue weighted by atomic mass is 10.00. The number of ether oxygens (including phenoxy) is 1. The normalized spacial score (nSPS) is 10.1. The predicted octanol–water partition coefficient (Wildman–Crippen LogP) is 3.36. The molecule has 5 nitrogen and oxygen atoms in total. The number of nitrogens with zero attached hydrogens (tertiary/aromatic N) is 1. The van der Waals surface area contributed by atoms with E-state index >= 15 is 0 Å². The topological polar surface area (TPSA) is 69.4 Å². The zero-order valence-electron chi connectivity index (χ0n) is 11.1. The first-order chi connectivity index (χ1) is 9.52. The monoisotopic (exact) mass is 271 g/mol. The van der Waals surface area contributed by atoms with E-state index in [1.807, 2.05) is 13.0 Å². The van der Waals surface area contributed by atoms with Crippen LogP contribution in [0, 0.1) is 17.0 Å². The molecule has 0 spiro atoms. The van der Waals surface area contributed by atoms with E-state index in [4.69, 9.17) is 4.74 Å². The van der Waals surface area contributed by atoms with Crippen LogP contribution < -0.4 is 0 Å². The molecular weight excluding hydrogens is 258 g/mol. The molecule has 0 saturated heterocycles. The molecule has 0 saturated carbocycles. The molecule has 0 radical (unpaired) electrons. The predicted molar refractivity (Wildman–Crippen MR) is 74.6 cm³/mol. The highest BCUT2D eigenvalue weighted by Gasteiger charge is 2.10. The number of nitro groups is 1. The van der Waals surface area contributed by atoms with Crippen LogP contribution in [0.2, 0.25) is 0 Å². The quantitative estimate of drug-likeness (QED) is 0.487. The molecule has 0 fully saturated rings. The Balaban J connectivity index is 2.36. The van der Waals surface area contributed by atoms with Gasteiger partial charge in [0.15, 0.2) is 0 Å². The van der Waals surface area contributed by atoms with Crippen LogP contribution in [-0.2, 0) is 4.74 Å². The van der Waals surface area contributed by atoms with Gasteiger partial charge >= 0.3 is 5.97 Å². The van der Waals surface area contributed by atoms with Crippen LogP contribution in [0.5, 0.6) is 0 Å². The summed E-state index contributed by atoms with van der Waals surface area (Å²) in [5.74, 6) is -0.377. The van der Waals surface area contributed by atoms with Crippen molar-refractivity contribution < 1.29 is 14.5 Å². The van der Waals surface area contributed by atoms with Crippen LogP contribution in [0.1, 0.15) is 15.9 Å². The highest BCUT2D eigenvalue weighted by Crippen LogP contribution is 2.24. The lowest BCUT2D eigenvalue weighted by Crippen LogP contribution is -2.03. The number of rotatable bonds is 3. The van der Waals surface area contributed by atoms with E-state index in [1.54, 1.807) is 24.3 Å². The first kappa shape index (κ1) is 13.7. The zero-order valence-corrected chi connectivity index (χ0v) is 11.1. The summed E-state index contributed by atoms with van der Waals surface area (Å²) in [7, 11) is 1.34. The van der Waals surface area contributed by atoms with E-state index in [0.717, 1.165) is 16.7 Å². The van der Waals surface area contributed by atoms with E-state index in [1.165, 1.54) is 19.2 Å². The molecule has 2 rings (SSSR count). The Labute approximate surface area is 116 Å². The van der Waals surface area contributed by atoms with Gasteiger partial charge in [-0.05, 0) is 41.8 Å². The largest absolute Gasteiger partial charge is 0.465 e. The summed E-state index contributed by atoms with van der Waals surface area (Å²) < 4.78 is 4.69. The van der Waals surface area contributed by atoms with Gasteiger partial charge in [0.05, 0.1) is 17.6 Å². The molecule has 5 heteroatoms. The first-order valence-corrected chi connectivity index (χ1v) is 5.96. The Morgan fingerprint density at radius 2 is 1.70 bits per heavy atom. The van der Waals surface area contributed by atoms with Gasteiger partial charge in [-0.15, -0.1) is 0 Å². The number of carbonyl (C=O) groups is 1. The standard InChI is InChI=1S/C15H13NO4/c1-10-9-12(5-8-14(10)15(17)20-2)11-3-6-13(7-4-11)16(18)19/h3-9H,1-2H3. The van der Waals surface area contributed by atoms with Gasteiger partial charge in [-0.3, -0.25) is 10.1 Å². The van der Waals surface area contributed by atoms with Crippen molar-refractivity contribution in [3.8, 4) is 11.1 Å². The van der Waals surface area contributed by atoms with Gasteiger partial charge in [-0.1, -0.05) is 12.1 Å². The summed E-state index contributed by atoms with van der Waals surface area (Å²) in [4.78, 5) is 21.7. The Kier molecular flexibility index (Phi) is 3.79. The van der Waals surface area contributed by atoms with Crippen LogP contribution in [0.3, 0.4) is 0 Å². The third-order valence-corrected chi connectivity index (χ3v) is 3.04. The van der Waals surface area contributed by atoms with Gasteiger partial charge in [0, 0.05) is 12.1 Å². The summed E-state index contributed by atoms with van der Waals surface area (Å²) in [5, 5.41) is 10.6. The molecule has 2 aromatic carbocycles. The molecule has 0 heterocycles. The van der Waals surface area contributed by atoms with Crippen LogP contribution >= 0.6 is 0 Å². The third-order valence-electron chi connectivity index (χ3n) is 3.04. The van der Waals surface area contributed by atoms with Crippen molar-refractivity contribution in [1.82, 2.24) is 0 Å². The molecule has 0 bridgehead atoms. The minimum atomic E-state index is -0.435. The SMILES string of the molecule is COC(=O)c1ccc(-c2ccc([N+](=O)[O-])cc2)cc1C. The molecule has 20 heavy (non-hydrogen) atoms. The minimum Gasteiger partial charge on any atom is -0.465 e. The van der Waals surface area contributed by atoms with E-state index < -0.39 is 4.92 Å². The van der Waals surface area contributed by atoms with E-state index in [9.17, 15) is 14.9 Å². The number of hydrogen-bond acceptors (Lipinski definition) is 4. The van der Waals surface area contributed by atoms with Crippen molar-refractivity contribution in [2.24, 2.45) is 0 Å². The van der Waals surface area contributed by atoms with E-state index in [-0.39, 0.29) is 11.7 Å². The second-order valence-electron chi connectivity index (χ2n) is 4.33. The number of carbonyl (C=O) groups excluding carboxylic acids is 1. The number of esters is 1. The third kappa shape index (κ3) is 2.66. The van der Waals surface area contributed by atoms with Gasteiger partial charge in [-0.25, -0.2) is 4.79 Å². The Bertz CT molecular complexity index is 662. The smallest absolute Gasteiger partial charge is 0.338 e. The fourth-order valence-electron chi connectivity index (χ4n) is 1.96. The summed E-state index contributed by atoms with van der Waals surface area (Å²) in [6.45, 7) is 1.82. The van der Waals surface area contributed by atoms with Gasteiger partial charge in [-0.2, -0.15) is 0 Å². The summed E-state index contributed by atoms with van der Waals surface area (Å²) in [5.41, 5.74) is 3.11. The summed E-state index contributed by atoms with van der Waals surface area (Å²) in [6.07, 6.45) is 0. The maximum atomic E-state index is 11.5. The molecule has 0 unspecified atom stereocenters. The minimum absolute atomic E-state index is 0.0525. The lowest BCUT2D eigenvalue weighted by Gasteiger charge is -2.07. The summed E-state index contributed by atoms with van der Waals surface area (Å²) in [6, 6.07) is 11.6. The number of non-ortho nitro benzene ring substituents is 1. The molecule has 0 aromatic heterocycles. The second-order valence-corrected chi connectivity index (χ2v) is 4.33. The summed E-state index contributed by atoms with van der Waals surface area (Å²) >= 11 is 0. The second kappa shape index (κ2) is 5.52. The first-order valence-electron chi connectivity index (χ1n) is 5.96. The van der Waals surface area contributed by atoms with Gasteiger partial charge in [0.1, 0.15) is 0 Å². The molecule has 0 amide bonds. The van der Waals surface area contributed by atoms with Crippen molar-refractivity contribution in [2.45, 2.75) is 6.92 Å². The molecule has 2 aromatic rings. The van der Waals surface area contributed by atoms with Crippen molar-refractivity contribution in [1.29, 1.82) is 0 Å². The van der Waals surface area contributed by atoms with E-state index in [0.29, 0.717) is 5.56 Å². The van der Waals surface area contributed by atoms with Crippen molar-refractivity contribution in [3.63, 3.8) is 0 Å². The van der Waals surface area contributed by atoms with E-state index in [2.05, 4.69) is 0 Å². The maximum absolute atomic E-state index is 11.5. The van der Waals surface area contributed by atoms with Crippen molar-refractivity contribution in [2.75, 3.05) is 7.11 Å². The Morgan fingerprint density at radius 3 is 2.20 bits per heavy atom. The number of methoxy groups -OCH3 is 1. The average Bonchev–Trinajstić information content (AvgIpc) is 2.46. The number of nitro benzene ring substituents is 1. The molecular formula is C15H13NO4. The molecule has 0 aliphatic carbocycles. The Morgan fingerprint density at radius 1 is 1.10 bits per heavy atom.